The largest absolute Gasteiger partial charge is 0.507 e. The van der Waals surface area contributed by atoms with E-state index in [1.54, 1.807) is 23.5 Å². The molecule has 3 nitrogen and oxygen atoms in total. The van der Waals surface area contributed by atoms with Crippen LogP contribution in [0.25, 0.3) is 6.08 Å². The first-order chi connectivity index (χ1) is 11.9. The van der Waals surface area contributed by atoms with Crippen LogP contribution in [0.1, 0.15) is 58.2 Å². The van der Waals surface area contributed by atoms with Gasteiger partial charge in [-0.15, -0.1) is 0 Å². The molecule has 0 unspecified atom stereocenters. The van der Waals surface area contributed by atoms with Gasteiger partial charge in [-0.2, -0.15) is 11.8 Å². The van der Waals surface area contributed by atoms with Gasteiger partial charge in [0, 0.05) is 23.4 Å². The van der Waals surface area contributed by atoms with Crippen molar-refractivity contribution in [3.05, 3.63) is 33.9 Å². The third kappa shape index (κ3) is 4.80. The van der Waals surface area contributed by atoms with Crippen LogP contribution in [0.4, 0.5) is 0 Å². The van der Waals surface area contributed by atoms with Crippen molar-refractivity contribution in [1.82, 2.24) is 4.90 Å². The van der Waals surface area contributed by atoms with Gasteiger partial charge in [-0.1, -0.05) is 53.3 Å². The molecule has 0 bridgehead atoms. The van der Waals surface area contributed by atoms with Crippen molar-refractivity contribution in [2.24, 2.45) is 0 Å². The van der Waals surface area contributed by atoms with Crippen molar-refractivity contribution in [3.8, 4) is 5.75 Å². The molecule has 0 saturated carbocycles. The van der Waals surface area contributed by atoms with E-state index in [1.807, 2.05) is 4.90 Å². The number of hydrogen-bond donors (Lipinski definition) is 1. The minimum absolute atomic E-state index is 0.157. The van der Waals surface area contributed by atoms with E-state index in [0.29, 0.717) is 11.5 Å². The van der Waals surface area contributed by atoms with E-state index < -0.39 is 0 Å². The summed E-state index contributed by atoms with van der Waals surface area (Å²) >= 11 is 3.35. The van der Waals surface area contributed by atoms with E-state index >= 15 is 0 Å². The molecule has 1 aromatic rings. The lowest BCUT2D eigenvalue weighted by Crippen LogP contribution is -2.26. The molecule has 1 heterocycles. The Bertz CT molecular complexity index is 677. The van der Waals surface area contributed by atoms with Crippen LogP contribution in [0.3, 0.4) is 0 Å². The van der Waals surface area contributed by atoms with Crippen LogP contribution >= 0.6 is 23.5 Å². The highest BCUT2D eigenvalue weighted by Crippen LogP contribution is 2.41. The number of hydrogen-bond acceptors (Lipinski definition) is 4. The fourth-order valence-corrected chi connectivity index (χ4v) is 4.34. The summed E-state index contributed by atoms with van der Waals surface area (Å²) in [7, 11) is 0. The normalized spacial score (nSPS) is 17.4. The molecule has 2 rings (SSSR count). The Morgan fingerprint density at radius 1 is 1.15 bits per heavy atom. The highest BCUT2D eigenvalue weighted by atomic mass is 32.2. The van der Waals surface area contributed by atoms with Crippen LogP contribution < -0.4 is 0 Å². The van der Waals surface area contributed by atoms with E-state index in [0.717, 1.165) is 34.0 Å². The molecular formula is C21H31NO2S2. The first-order valence-corrected chi connectivity index (χ1v) is 11.3. The number of carbonyl (C=O) groups excluding carboxylic acids is 1. The number of benzene rings is 1. The lowest BCUT2D eigenvalue weighted by molar-refractivity contribution is -0.125. The Morgan fingerprint density at radius 2 is 1.69 bits per heavy atom. The number of aromatic hydroxyl groups is 1. The smallest absolute Gasteiger partial charge is 0.237 e. The van der Waals surface area contributed by atoms with Crippen LogP contribution in [0, 0.1) is 0 Å². The number of phenolic OH excluding ortho intramolecular Hbond substituents is 1. The van der Waals surface area contributed by atoms with Crippen molar-refractivity contribution < 1.29 is 9.90 Å². The van der Waals surface area contributed by atoms with Gasteiger partial charge >= 0.3 is 0 Å². The van der Waals surface area contributed by atoms with Gasteiger partial charge in [-0.25, -0.2) is 0 Å². The molecule has 144 valence electrons. The second-order valence-electron chi connectivity index (χ2n) is 8.77. The molecule has 0 radical (unpaired) electrons. The van der Waals surface area contributed by atoms with E-state index in [9.17, 15) is 9.90 Å². The summed E-state index contributed by atoms with van der Waals surface area (Å²) in [5.41, 5.74) is 2.62. The summed E-state index contributed by atoms with van der Waals surface area (Å²) < 4.78 is 0. The van der Waals surface area contributed by atoms with Gasteiger partial charge in [0.05, 0.1) is 10.8 Å². The first kappa shape index (κ1) is 21.2. The van der Waals surface area contributed by atoms with E-state index in [1.165, 1.54) is 0 Å². The Balaban J connectivity index is 2.54. The average Bonchev–Trinajstić information content (AvgIpc) is 2.84. The molecule has 1 saturated heterocycles. The summed E-state index contributed by atoms with van der Waals surface area (Å²) in [5, 5.41) is 11.9. The van der Waals surface area contributed by atoms with Gasteiger partial charge < -0.3 is 10.0 Å². The number of thioether (sulfide) groups is 2. The molecule has 1 aromatic carbocycles. The van der Waals surface area contributed by atoms with Crippen molar-refractivity contribution >= 4 is 35.5 Å². The van der Waals surface area contributed by atoms with Gasteiger partial charge in [-0.3, -0.25) is 4.79 Å². The molecule has 0 aromatic heterocycles. The number of carbonyl (C=O) groups is 1. The van der Waals surface area contributed by atoms with Crippen molar-refractivity contribution in [2.45, 2.75) is 52.4 Å². The van der Waals surface area contributed by atoms with Crippen LogP contribution in [0.2, 0.25) is 0 Å². The molecular weight excluding hydrogens is 362 g/mol. The van der Waals surface area contributed by atoms with Crippen LogP contribution in [-0.4, -0.2) is 40.2 Å². The van der Waals surface area contributed by atoms with Gasteiger partial charge in [-0.05, 0) is 40.9 Å². The van der Waals surface area contributed by atoms with Crippen molar-refractivity contribution in [3.63, 3.8) is 0 Å². The molecule has 1 aliphatic rings. The van der Waals surface area contributed by atoms with Gasteiger partial charge in [0.15, 0.2) is 0 Å². The third-order valence-corrected chi connectivity index (χ3v) is 6.08. The fraction of sp³-hybridized carbons (Fsp3) is 0.571. The van der Waals surface area contributed by atoms with Crippen molar-refractivity contribution in [1.29, 1.82) is 0 Å². The Kier molecular flexibility index (Phi) is 6.44. The molecule has 0 spiro atoms. The van der Waals surface area contributed by atoms with E-state index in [-0.39, 0.29) is 16.7 Å². The Labute approximate surface area is 166 Å². The van der Waals surface area contributed by atoms with E-state index in [2.05, 4.69) is 66.0 Å². The summed E-state index contributed by atoms with van der Waals surface area (Å²) in [6, 6.07) is 4.13. The minimum Gasteiger partial charge on any atom is -0.507 e. The summed E-state index contributed by atoms with van der Waals surface area (Å²) in [4.78, 5) is 14.1. The first-order valence-electron chi connectivity index (χ1n) is 8.97. The van der Waals surface area contributed by atoms with Crippen molar-refractivity contribution in [2.75, 3.05) is 24.3 Å². The second-order valence-corrected chi connectivity index (χ2v) is 10.8. The molecule has 1 amide bonds. The molecule has 5 heteroatoms. The highest BCUT2D eigenvalue weighted by Gasteiger charge is 2.28. The topological polar surface area (TPSA) is 40.5 Å². The maximum Gasteiger partial charge on any atom is 0.237 e. The second kappa shape index (κ2) is 7.89. The quantitative estimate of drug-likeness (QED) is 0.761. The number of rotatable bonds is 4. The molecule has 1 N–H and O–H groups in total. The zero-order chi connectivity index (χ0) is 19.7. The number of phenols is 1. The molecule has 0 atom stereocenters. The van der Waals surface area contributed by atoms with Crippen LogP contribution in [0.5, 0.6) is 5.75 Å². The maximum absolute atomic E-state index is 12.2. The zero-order valence-electron chi connectivity index (χ0n) is 17.0. The molecule has 26 heavy (non-hydrogen) atoms. The summed E-state index contributed by atoms with van der Waals surface area (Å²) in [6.45, 7) is 13.4. The maximum atomic E-state index is 12.2. The Hall–Kier alpha value is -1.07. The Morgan fingerprint density at radius 3 is 2.15 bits per heavy atom. The lowest BCUT2D eigenvalue weighted by atomic mass is 9.78. The summed E-state index contributed by atoms with van der Waals surface area (Å²) in [6.07, 6.45) is 4.15. The lowest BCUT2D eigenvalue weighted by Gasteiger charge is -2.28. The van der Waals surface area contributed by atoms with Gasteiger partial charge in [0.25, 0.3) is 0 Å². The minimum atomic E-state index is -0.157. The number of amides is 1. The molecule has 0 aliphatic carbocycles. The average molecular weight is 394 g/mol. The zero-order valence-corrected chi connectivity index (χ0v) is 18.6. The van der Waals surface area contributed by atoms with E-state index in [4.69, 9.17) is 0 Å². The van der Waals surface area contributed by atoms with Crippen LogP contribution in [0.15, 0.2) is 17.2 Å². The third-order valence-electron chi connectivity index (χ3n) is 4.47. The fourth-order valence-electron chi connectivity index (χ4n) is 2.98. The highest BCUT2D eigenvalue weighted by molar-refractivity contribution is 8.04. The monoisotopic (exact) mass is 393 g/mol. The number of nitrogens with zero attached hydrogens (tertiary/aromatic N) is 1. The summed E-state index contributed by atoms with van der Waals surface area (Å²) in [5.74, 6) is 2.01. The van der Waals surface area contributed by atoms with Crippen LogP contribution in [-0.2, 0) is 15.6 Å². The van der Waals surface area contributed by atoms with Gasteiger partial charge in [0.2, 0.25) is 5.91 Å². The SMILES string of the molecule is CSCCN1C(=O)CSC1=Cc1cc(C(C)(C)C)c(O)c(C(C)(C)C)c1. The standard InChI is InChI=1S/C21H31NO2S2/c1-20(2,3)15-10-14(11-16(19(15)24)21(4,5)6)12-18-22(8-9-25-7)17(23)13-26-18/h10-12,24H,8-9,13H2,1-7H3. The van der Waals surface area contributed by atoms with Gasteiger partial charge in [0.1, 0.15) is 5.75 Å². The predicted octanol–water partition coefficient (Wildman–Crippen LogP) is 5.22. The molecule has 1 aliphatic heterocycles. The predicted molar refractivity (Wildman–Crippen MR) is 116 cm³/mol. The molecule has 1 fully saturated rings.